The third-order valence-electron chi connectivity index (χ3n) is 3.32. The summed E-state index contributed by atoms with van der Waals surface area (Å²) in [6, 6.07) is 9.22. The number of hydrazine groups is 1. The molecule has 3 heteroatoms. The molecular weight excluding hydrogens is 212 g/mol. The number of hydrogen-bond donors (Lipinski definition) is 2. The minimum absolute atomic E-state index is 0.0339. The Bertz CT molecular complexity index is 396. The Labute approximate surface area is 102 Å². The molecule has 0 spiro atoms. The predicted octanol–water partition coefficient (Wildman–Crippen LogP) is 2.42. The lowest BCUT2D eigenvalue weighted by atomic mass is 9.75. The van der Waals surface area contributed by atoms with E-state index in [1.807, 2.05) is 24.3 Å². The highest BCUT2D eigenvalue weighted by Gasteiger charge is 2.35. The third kappa shape index (κ3) is 2.74. The molecule has 0 bridgehead atoms. The van der Waals surface area contributed by atoms with Gasteiger partial charge in [0.05, 0.1) is 0 Å². The minimum atomic E-state index is -0.0825. The molecule has 0 heterocycles. The lowest BCUT2D eigenvalue weighted by molar-refractivity contribution is 0.0853. The number of benzene rings is 1. The van der Waals surface area contributed by atoms with Gasteiger partial charge in [-0.15, -0.1) is 6.58 Å². The van der Waals surface area contributed by atoms with Crippen molar-refractivity contribution in [2.45, 2.75) is 31.2 Å². The van der Waals surface area contributed by atoms with Gasteiger partial charge in [0.1, 0.15) is 0 Å². The maximum absolute atomic E-state index is 11.8. The van der Waals surface area contributed by atoms with Gasteiger partial charge in [0.25, 0.3) is 5.91 Å². The standard InChI is InChI=1S/C14H18N2O/c1-2-9-14(10-6-11-14)16-15-13(17)12-7-4-3-5-8-12/h2-5,7-8,16H,1,6,9-11H2,(H,15,17). The third-order valence-corrected chi connectivity index (χ3v) is 3.32. The zero-order chi connectivity index (χ0) is 12.1. The quantitative estimate of drug-likeness (QED) is 0.602. The Balaban J connectivity index is 1.90. The molecule has 1 aromatic carbocycles. The van der Waals surface area contributed by atoms with E-state index in [1.165, 1.54) is 6.42 Å². The van der Waals surface area contributed by atoms with Crippen LogP contribution in [-0.4, -0.2) is 11.4 Å². The van der Waals surface area contributed by atoms with Gasteiger partial charge in [-0.25, -0.2) is 5.43 Å². The van der Waals surface area contributed by atoms with Crippen LogP contribution in [0.5, 0.6) is 0 Å². The van der Waals surface area contributed by atoms with Crippen molar-refractivity contribution in [2.75, 3.05) is 0 Å². The van der Waals surface area contributed by atoms with Crippen LogP contribution in [0.1, 0.15) is 36.0 Å². The van der Waals surface area contributed by atoms with E-state index in [4.69, 9.17) is 0 Å². The smallest absolute Gasteiger partial charge is 0.265 e. The van der Waals surface area contributed by atoms with E-state index in [2.05, 4.69) is 17.4 Å². The Morgan fingerprint density at radius 3 is 2.59 bits per heavy atom. The average molecular weight is 230 g/mol. The Morgan fingerprint density at radius 1 is 1.35 bits per heavy atom. The molecular formula is C14H18N2O. The largest absolute Gasteiger partial charge is 0.287 e. The zero-order valence-electron chi connectivity index (χ0n) is 9.91. The molecule has 2 rings (SSSR count). The molecule has 1 amide bonds. The lowest BCUT2D eigenvalue weighted by Crippen LogP contribution is -2.57. The van der Waals surface area contributed by atoms with Crippen LogP contribution in [0.15, 0.2) is 43.0 Å². The van der Waals surface area contributed by atoms with E-state index in [1.54, 1.807) is 12.1 Å². The molecule has 17 heavy (non-hydrogen) atoms. The van der Waals surface area contributed by atoms with Crippen molar-refractivity contribution in [1.82, 2.24) is 10.9 Å². The summed E-state index contributed by atoms with van der Waals surface area (Å²) in [5.74, 6) is -0.0825. The summed E-state index contributed by atoms with van der Waals surface area (Å²) in [6.45, 7) is 3.76. The first-order chi connectivity index (χ1) is 8.26. The van der Waals surface area contributed by atoms with E-state index in [9.17, 15) is 4.79 Å². The number of amides is 1. The molecule has 1 aliphatic carbocycles. The van der Waals surface area contributed by atoms with E-state index in [-0.39, 0.29) is 11.4 Å². The molecule has 0 aromatic heterocycles. The Morgan fingerprint density at radius 2 is 2.06 bits per heavy atom. The first kappa shape index (κ1) is 11.9. The van der Waals surface area contributed by atoms with Crippen molar-refractivity contribution in [3.63, 3.8) is 0 Å². The summed E-state index contributed by atoms with van der Waals surface area (Å²) < 4.78 is 0. The molecule has 1 saturated carbocycles. The van der Waals surface area contributed by atoms with Gasteiger partial charge in [0.15, 0.2) is 0 Å². The SMILES string of the molecule is C=CCC1(NNC(=O)c2ccccc2)CCC1. The molecule has 1 aromatic rings. The number of carbonyl (C=O) groups excluding carboxylic acids is 1. The van der Waals surface area contributed by atoms with Crippen molar-refractivity contribution in [1.29, 1.82) is 0 Å². The van der Waals surface area contributed by atoms with Gasteiger partial charge in [0, 0.05) is 11.1 Å². The molecule has 90 valence electrons. The molecule has 2 N–H and O–H groups in total. The summed E-state index contributed by atoms with van der Waals surface area (Å²) in [4.78, 5) is 11.8. The first-order valence-corrected chi connectivity index (χ1v) is 5.99. The van der Waals surface area contributed by atoms with Gasteiger partial charge in [-0.2, -0.15) is 0 Å². The summed E-state index contributed by atoms with van der Waals surface area (Å²) in [5.41, 5.74) is 6.66. The highest BCUT2D eigenvalue weighted by molar-refractivity contribution is 5.93. The number of rotatable bonds is 5. The maximum atomic E-state index is 11.8. The van der Waals surface area contributed by atoms with Crippen LogP contribution in [0.3, 0.4) is 0 Å². The molecule has 1 fully saturated rings. The fourth-order valence-electron chi connectivity index (χ4n) is 2.11. The predicted molar refractivity (Wildman–Crippen MR) is 68.4 cm³/mol. The molecule has 0 aliphatic heterocycles. The molecule has 0 unspecified atom stereocenters. The monoisotopic (exact) mass is 230 g/mol. The van der Waals surface area contributed by atoms with E-state index in [0.29, 0.717) is 5.56 Å². The number of nitrogens with one attached hydrogen (secondary N) is 2. The Hall–Kier alpha value is -1.61. The Kier molecular flexibility index (Phi) is 3.59. The summed E-state index contributed by atoms with van der Waals surface area (Å²) in [7, 11) is 0. The minimum Gasteiger partial charge on any atom is -0.287 e. The molecule has 0 atom stereocenters. The van der Waals surface area contributed by atoms with Crippen LogP contribution in [-0.2, 0) is 0 Å². The number of carbonyl (C=O) groups is 1. The van der Waals surface area contributed by atoms with E-state index < -0.39 is 0 Å². The highest BCUT2D eigenvalue weighted by Crippen LogP contribution is 2.34. The van der Waals surface area contributed by atoms with Crippen LogP contribution in [0.2, 0.25) is 0 Å². The van der Waals surface area contributed by atoms with Gasteiger partial charge in [-0.05, 0) is 37.8 Å². The fraction of sp³-hybridized carbons (Fsp3) is 0.357. The maximum Gasteiger partial charge on any atom is 0.265 e. The normalized spacial score (nSPS) is 16.9. The summed E-state index contributed by atoms with van der Waals surface area (Å²) in [6.07, 6.45) is 6.19. The van der Waals surface area contributed by atoms with Crippen LogP contribution in [0, 0.1) is 0 Å². The van der Waals surface area contributed by atoms with E-state index in [0.717, 1.165) is 19.3 Å². The topological polar surface area (TPSA) is 41.1 Å². The highest BCUT2D eigenvalue weighted by atomic mass is 16.2. The molecule has 3 nitrogen and oxygen atoms in total. The first-order valence-electron chi connectivity index (χ1n) is 5.99. The van der Waals surface area contributed by atoms with Crippen LogP contribution in [0.25, 0.3) is 0 Å². The van der Waals surface area contributed by atoms with Gasteiger partial charge in [-0.3, -0.25) is 10.2 Å². The molecule has 1 aliphatic rings. The van der Waals surface area contributed by atoms with Gasteiger partial charge in [0.2, 0.25) is 0 Å². The zero-order valence-corrected chi connectivity index (χ0v) is 9.91. The van der Waals surface area contributed by atoms with Gasteiger partial charge >= 0.3 is 0 Å². The van der Waals surface area contributed by atoms with Crippen LogP contribution in [0.4, 0.5) is 0 Å². The van der Waals surface area contributed by atoms with Crippen molar-refractivity contribution < 1.29 is 4.79 Å². The van der Waals surface area contributed by atoms with E-state index >= 15 is 0 Å². The second-order valence-corrected chi connectivity index (χ2v) is 4.57. The fourth-order valence-corrected chi connectivity index (χ4v) is 2.11. The lowest BCUT2D eigenvalue weighted by Gasteiger charge is -2.42. The van der Waals surface area contributed by atoms with Crippen molar-refractivity contribution in [3.05, 3.63) is 48.6 Å². The second kappa shape index (κ2) is 5.15. The van der Waals surface area contributed by atoms with Crippen molar-refractivity contribution in [3.8, 4) is 0 Å². The van der Waals surface area contributed by atoms with Crippen LogP contribution < -0.4 is 10.9 Å². The van der Waals surface area contributed by atoms with Gasteiger partial charge in [-0.1, -0.05) is 24.3 Å². The molecule has 0 saturated heterocycles. The van der Waals surface area contributed by atoms with Crippen LogP contribution >= 0.6 is 0 Å². The van der Waals surface area contributed by atoms with Crippen molar-refractivity contribution in [2.24, 2.45) is 0 Å². The summed E-state index contributed by atoms with van der Waals surface area (Å²) in [5, 5.41) is 0. The molecule has 0 radical (unpaired) electrons. The van der Waals surface area contributed by atoms with Gasteiger partial charge < -0.3 is 0 Å². The second-order valence-electron chi connectivity index (χ2n) is 4.57. The average Bonchev–Trinajstić information content (AvgIpc) is 2.33. The summed E-state index contributed by atoms with van der Waals surface area (Å²) >= 11 is 0. The van der Waals surface area contributed by atoms with Crippen molar-refractivity contribution >= 4 is 5.91 Å². The number of hydrogen-bond acceptors (Lipinski definition) is 2.